The van der Waals surface area contributed by atoms with Gasteiger partial charge in [-0.15, -0.1) is 0 Å². The maximum atomic E-state index is 9.41. The Morgan fingerprint density at radius 1 is 1.00 bits per heavy atom. The van der Waals surface area contributed by atoms with E-state index in [9.17, 15) is 5.11 Å². The van der Waals surface area contributed by atoms with Gasteiger partial charge < -0.3 is 24.9 Å². The van der Waals surface area contributed by atoms with Crippen LogP contribution < -0.4 is 14.8 Å². The van der Waals surface area contributed by atoms with Gasteiger partial charge in [-0.25, -0.2) is 9.97 Å². The fourth-order valence-corrected chi connectivity index (χ4v) is 2.80. The van der Waals surface area contributed by atoms with Crippen molar-refractivity contribution in [1.82, 2.24) is 15.0 Å². The van der Waals surface area contributed by atoms with E-state index >= 15 is 0 Å². The molecule has 0 saturated heterocycles. The zero-order valence-corrected chi connectivity index (χ0v) is 13.7. The molecule has 7 heteroatoms. The zero-order valence-electron chi connectivity index (χ0n) is 13.7. The minimum absolute atomic E-state index is 0.211. The summed E-state index contributed by atoms with van der Waals surface area (Å²) >= 11 is 0. The summed E-state index contributed by atoms with van der Waals surface area (Å²) in [6, 6.07) is 10.5. The molecule has 7 nitrogen and oxygen atoms in total. The Balaban J connectivity index is 1.87. The van der Waals surface area contributed by atoms with Gasteiger partial charge in [-0.3, -0.25) is 0 Å². The SMILES string of the molecule is COc1cc2[nH]c3c(Nc4ccc(O)cc4)ncnc3c2cc1OC. The number of aromatic hydroxyl groups is 1. The summed E-state index contributed by atoms with van der Waals surface area (Å²) in [7, 11) is 3.20. The lowest BCUT2D eigenvalue weighted by Crippen LogP contribution is -1.95. The number of hydrogen-bond acceptors (Lipinski definition) is 6. The Kier molecular flexibility index (Phi) is 3.53. The smallest absolute Gasteiger partial charge is 0.162 e. The molecule has 0 unspecified atom stereocenters. The van der Waals surface area contributed by atoms with Crippen LogP contribution in [-0.4, -0.2) is 34.3 Å². The van der Waals surface area contributed by atoms with E-state index in [0.717, 1.165) is 27.6 Å². The van der Waals surface area contributed by atoms with Gasteiger partial charge in [-0.2, -0.15) is 0 Å². The quantitative estimate of drug-likeness (QED) is 0.493. The van der Waals surface area contributed by atoms with Crippen molar-refractivity contribution >= 4 is 33.4 Å². The van der Waals surface area contributed by atoms with Gasteiger partial charge in [-0.05, 0) is 30.3 Å². The zero-order chi connectivity index (χ0) is 17.4. The molecule has 4 rings (SSSR count). The minimum Gasteiger partial charge on any atom is -0.508 e. The van der Waals surface area contributed by atoms with Crippen molar-refractivity contribution in [1.29, 1.82) is 0 Å². The van der Waals surface area contributed by atoms with E-state index in [4.69, 9.17) is 9.47 Å². The van der Waals surface area contributed by atoms with Crippen LogP contribution in [0.15, 0.2) is 42.7 Å². The average molecular weight is 336 g/mol. The van der Waals surface area contributed by atoms with Crippen molar-refractivity contribution in [3.8, 4) is 17.2 Å². The number of hydrogen-bond donors (Lipinski definition) is 3. The Morgan fingerprint density at radius 3 is 2.44 bits per heavy atom. The molecule has 0 fully saturated rings. The van der Waals surface area contributed by atoms with Crippen molar-refractivity contribution in [3.05, 3.63) is 42.7 Å². The molecule has 126 valence electrons. The predicted octanol–water partition coefficient (Wildman–Crippen LogP) is 3.58. The molecule has 0 aliphatic carbocycles. The van der Waals surface area contributed by atoms with Gasteiger partial charge in [0.15, 0.2) is 17.3 Å². The van der Waals surface area contributed by atoms with E-state index < -0.39 is 0 Å². The van der Waals surface area contributed by atoms with E-state index in [1.807, 2.05) is 12.1 Å². The second-order valence-corrected chi connectivity index (χ2v) is 5.50. The van der Waals surface area contributed by atoms with Crippen LogP contribution in [0.25, 0.3) is 21.9 Å². The maximum Gasteiger partial charge on any atom is 0.162 e. The molecular formula is C18H16N4O3. The van der Waals surface area contributed by atoms with Crippen LogP contribution >= 0.6 is 0 Å². The van der Waals surface area contributed by atoms with Gasteiger partial charge in [0.1, 0.15) is 23.1 Å². The molecule has 0 amide bonds. The summed E-state index contributed by atoms with van der Waals surface area (Å²) < 4.78 is 10.7. The third-order valence-electron chi connectivity index (χ3n) is 4.02. The maximum absolute atomic E-state index is 9.41. The molecule has 2 aromatic carbocycles. The summed E-state index contributed by atoms with van der Waals surface area (Å²) in [5.41, 5.74) is 3.25. The van der Waals surface area contributed by atoms with Crippen molar-refractivity contribution in [2.75, 3.05) is 19.5 Å². The number of aromatic nitrogens is 3. The fourth-order valence-electron chi connectivity index (χ4n) is 2.80. The molecule has 4 aromatic rings. The third kappa shape index (κ3) is 2.55. The molecule has 0 spiro atoms. The number of rotatable bonds is 4. The molecule has 2 heterocycles. The molecule has 2 aromatic heterocycles. The van der Waals surface area contributed by atoms with Crippen LogP contribution in [0.5, 0.6) is 17.2 Å². The topological polar surface area (TPSA) is 92.3 Å². The number of anilines is 2. The summed E-state index contributed by atoms with van der Waals surface area (Å²) in [5.74, 6) is 2.14. The predicted molar refractivity (Wildman–Crippen MR) is 95.9 cm³/mol. The molecule has 3 N–H and O–H groups in total. The number of benzene rings is 2. The van der Waals surface area contributed by atoms with E-state index in [1.165, 1.54) is 6.33 Å². The van der Waals surface area contributed by atoms with Crippen molar-refractivity contribution in [2.24, 2.45) is 0 Å². The van der Waals surface area contributed by atoms with Gasteiger partial charge in [0.05, 0.1) is 19.7 Å². The second-order valence-electron chi connectivity index (χ2n) is 5.50. The van der Waals surface area contributed by atoms with Crippen LogP contribution in [0.1, 0.15) is 0 Å². The number of nitrogens with zero attached hydrogens (tertiary/aromatic N) is 2. The van der Waals surface area contributed by atoms with E-state index in [0.29, 0.717) is 17.3 Å². The third-order valence-corrected chi connectivity index (χ3v) is 4.02. The molecule has 0 bridgehead atoms. The summed E-state index contributed by atoms with van der Waals surface area (Å²) in [4.78, 5) is 12.1. The number of ether oxygens (including phenoxy) is 2. The van der Waals surface area contributed by atoms with Gasteiger partial charge in [0.25, 0.3) is 0 Å². The first kappa shape index (κ1) is 15.1. The number of aromatic amines is 1. The van der Waals surface area contributed by atoms with E-state index in [2.05, 4.69) is 20.3 Å². The molecule has 0 aliphatic rings. The summed E-state index contributed by atoms with van der Waals surface area (Å²) in [5, 5.41) is 13.6. The lowest BCUT2D eigenvalue weighted by atomic mass is 10.2. The van der Waals surface area contributed by atoms with E-state index in [-0.39, 0.29) is 5.75 Å². The summed E-state index contributed by atoms with van der Waals surface area (Å²) in [6.07, 6.45) is 1.51. The van der Waals surface area contributed by atoms with Crippen LogP contribution in [0, 0.1) is 0 Å². The number of fused-ring (bicyclic) bond motifs is 3. The van der Waals surface area contributed by atoms with Gasteiger partial charge in [-0.1, -0.05) is 0 Å². The highest BCUT2D eigenvalue weighted by Crippen LogP contribution is 2.36. The first-order valence-corrected chi connectivity index (χ1v) is 7.64. The standard InChI is InChI=1S/C18H16N4O3/c1-24-14-7-12-13(8-15(14)25-2)22-17-16(12)19-9-20-18(17)21-10-3-5-11(23)6-4-10/h3-9,22-23H,1-2H3,(H,19,20,21). The lowest BCUT2D eigenvalue weighted by Gasteiger charge is -2.07. The van der Waals surface area contributed by atoms with E-state index in [1.54, 1.807) is 38.5 Å². The summed E-state index contributed by atoms with van der Waals surface area (Å²) in [6.45, 7) is 0. The van der Waals surface area contributed by atoms with Crippen molar-refractivity contribution in [2.45, 2.75) is 0 Å². The number of methoxy groups -OCH3 is 2. The Morgan fingerprint density at radius 2 is 1.72 bits per heavy atom. The molecule has 25 heavy (non-hydrogen) atoms. The first-order chi connectivity index (χ1) is 12.2. The van der Waals surface area contributed by atoms with Crippen molar-refractivity contribution < 1.29 is 14.6 Å². The number of H-pyrrole nitrogens is 1. The highest BCUT2D eigenvalue weighted by molar-refractivity contribution is 6.09. The Labute approximate surface area is 143 Å². The lowest BCUT2D eigenvalue weighted by molar-refractivity contribution is 0.356. The molecule has 0 atom stereocenters. The highest BCUT2D eigenvalue weighted by atomic mass is 16.5. The Hall–Kier alpha value is -3.48. The average Bonchev–Trinajstić information content (AvgIpc) is 3.01. The number of phenols is 1. The van der Waals surface area contributed by atoms with Crippen LogP contribution in [0.2, 0.25) is 0 Å². The van der Waals surface area contributed by atoms with Crippen molar-refractivity contribution in [3.63, 3.8) is 0 Å². The molecule has 0 radical (unpaired) electrons. The molecule has 0 aliphatic heterocycles. The number of nitrogens with one attached hydrogen (secondary N) is 2. The van der Waals surface area contributed by atoms with Crippen LogP contribution in [-0.2, 0) is 0 Å². The molecule has 0 saturated carbocycles. The van der Waals surface area contributed by atoms with Gasteiger partial charge >= 0.3 is 0 Å². The van der Waals surface area contributed by atoms with Gasteiger partial charge in [0, 0.05) is 17.1 Å². The largest absolute Gasteiger partial charge is 0.508 e. The second kappa shape index (κ2) is 5.86. The Bertz CT molecular complexity index is 1060. The van der Waals surface area contributed by atoms with Gasteiger partial charge in [0.2, 0.25) is 0 Å². The highest BCUT2D eigenvalue weighted by Gasteiger charge is 2.14. The van der Waals surface area contributed by atoms with Crippen LogP contribution in [0.4, 0.5) is 11.5 Å². The number of phenolic OH excluding ortho intramolecular Hbond substituents is 1. The van der Waals surface area contributed by atoms with Crippen LogP contribution in [0.3, 0.4) is 0 Å². The first-order valence-electron chi connectivity index (χ1n) is 7.64. The monoisotopic (exact) mass is 336 g/mol. The minimum atomic E-state index is 0.211. The normalized spacial score (nSPS) is 11.0. The fraction of sp³-hybridized carbons (Fsp3) is 0.111. The molecular weight excluding hydrogens is 320 g/mol.